The van der Waals surface area contributed by atoms with Gasteiger partial charge in [0.25, 0.3) is 0 Å². The Kier molecular flexibility index (Phi) is 65.2. The Balaban J connectivity index is 3.96. The van der Waals surface area contributed by atoms with Crippen LogP contribution in [0.4, 0.5) is 0 Å². The van der Waals surface area contributed by atoms with Crippen molar-refractivity contribution in [3.63, 3.8) is 0 Å². The van der Waals surface area contributed by atoms with Gasteiger partial charge in [0, 0.05) is 19.4 Å². The highest BCUT2D eigenvalue weighted by Crippen LogP contribution is 2.43. The summed E-state index contributed by atoms with van der Waals surface area (Å²) in [6, 6.07) is 0. The molecule has 482 valence electrons. The number of carbonyl (C=O) groups is 2. The van der Waals surface area contributed by atoms with E-state index in [-0.39, 0.29) is 38.6 Å². The second-order valence-corrected chi connectivity index (χ2v) is 23.4. The molecule has 0 spiro atoms. The summed E-state index contributed by atoms with van der Waals surface area (Å²) in [5.74, 6) is -0.839. The van der Waals surface area contributed by atoms with Crippen molar-refractivity contribution < 1.29 is 37.6 Å². The fourth-order valence-corrected chi connectivity index (χ4v) is 9.74. The highest BCUT2D eigenvalue weighted by molar-refractivity contribution is 7.47. The van der Waals surface area contributed by atoms with Crippen LogP contribution >= 0.6 is 7.82 Å². The zero-order valence-corrected chi connectivity index (χ0v) is 54.9. The van der Waals surface area contributed by atoms with E-state index in [9.17, 15) is 19.0 Å². The fourth-order valence-electron chi connectivity index (χ4n) is 8.97. The number of ether oxygens (including phenoxy) is 2. The van der Waals surface area contributed by atoms with E-state index in [0.29, 0.717) is 6.42 Å². The summed E-state index contributed by atoms with van der Waals surface area (Å²) in [7, 11) is -4.40. The van der Waals surface area contributed by atoms with Crippen molar-refractivity contribution >= 4 is 19.8 Å². The molecule has 0 aromatic heterocycles. The third kappa shape index (κ3) is 68.6. The van der Waals surface area contributed by atoms with Crippen LogP contribution in [0.1, 0.15) is 271 Å². The molecule has 0 aliphatic carbocycles. The number of unbranched alkanes of at least 4 members (excludes halogenated alkanes) is 23. The number of phosphoric ester groups is 1. The molecule has 3 N–H and O–H groups in total. The molecule has 85 heavy (non-hydrogen) atoms. The molecule has 0 aliphatic heterocycles. The molecule has 0 aromatic carbocycles. The Morgan fingerprint density at radius 3 is 0.906 bits per heavy atom. The third-order valence-electron chi connectivity index (χ3n) is 13.9. The summed E-state index contributed by atoms with van der Waals surface area (Å²) in [4.78, 5) is 35.4. The molecule has 2 unspecified atom stereocenters. The minimum Gasteiger partial charge on any atom is -0.462 e. The molecule has 0 amide bonds. The molecule has 0 aliphatic rings. The van der Waals surface area contributed by atoms with Crippen molar-refractivity contribution in [2.45, 2.75) is 277 Å². The zero-order chi connectivity index (χ0) is 61.6. The molecule has 0 bridgehead atoms. The predicted octanol–water partition coefficient (Wildman–Crippen LogP) is 22.4. The van der Waals surface area contributed by atoms with Crippen molar-refractivity contribution in [1.29, 1.82) is 0 Å². The number of esters is 2. The fraction of sp³-hybridized carbons (Fsp3) is 0.627. The standard InChI is InChI=1S/C75H124NO8P/c1-3-5-7-9-11-13-15-17-19-21-23-25-27-29-31-33-34-35-36-37-38-40-42-44-46-48-50-52-54-56-58-60-62-64-66-68-75(78)84-73(72-83-85(79,80)82-70-69-76)71-81-74(77)67-65-63-61-59-57-55-53-51-49-47-45-43-41-39-32-30-28-26-24-22-20-18-16-14-12-10-8-6-4-2/h5-8,11-14,17-20,23-26,29-32,34-35,37-38,42,44,73H,3-4,9-10,15-16,21-22,27-28,33,36,39-41,43,45-72,76H2,1-2H3,(H,79,80)/b7-5-,8-6-,13-11-,14-12-,19-17-,20-18-,25-23-,26-24-,31-29-,32-30-,35-34-,38-37-,44-42-. The molecule has 0 saturated carbocycles. The van der Waals surface area contributed by atoms with Crippen LogP contribution in [0.15, 0.2) is 158 Å². The summed E-state index contributed by atoms with van der Waals surface area (Å²) in [6.07, 6.45) is 100. The molecular formula is C75H124NO8P. The molecule has 10 heteroatoms. The summed E-state index contributed by atoms with van der Waals surface area (Å²) in [5.41, 5.74) is 5.40. The number of nitrogens with two attached hydrogens (primary N) is 1. The van der Waals surface area contributed by atoms with Gasteiger partial charge in [0.2, 0.25) is 0 Å². The second kappa shape index (κ2) is 68.7. The minimum atomic E-state index is -4.40. The Bertz CT molecular complexity index is 1950. The Morgan fingerprint density at radius 1 is 0.353 bits per heavy atom. The first kappa shape index (κ1) is 80.6. The van der Waals surface area contributed by atoms with E-state index in [4.69, 9.17) is 24.3 Å². The maximum atomic E-state index is 12.8. The van der Waals surface area contributed by atoms with Crippen LogP contribution in [0.3, 0.4) is 0 Å². The van der Waals surface area contributed by atoms with Crippen LogP contribution in [0.2, 0.25) is 0 Å². The van der Waals surface area contributed by atoms with E-state index < -0.39 is 26.5 Å². The highest BCUT2D eigenvalue weighted by atomic mass is 31.2. The Morgan fingerprint density at radius 2 is 0.612 bits per heavy atom. The van der Waals surface area contributed by atoms with Crippen LogP contribution in [0.5, 0.6) is 0 Å². The summed E-state index contributed by atoms with van der Waals surface area (Å²) in [6.45, 7) is 3.51. The van der Waals surface area contributed by atoms with Gasteiger partial charge in [0.15, 0.2) is 6.10 Å². The van der Waals surface area contributed by atoms with Crippen LogP contribution < -0.4 is 5.73 Å². The molecule has 9 nitrogen and oxygen atoms in total. The van der Waals surface area contributed by atoms with E-state index in [0.717, 1.165) is 128 Å². The molecule has 0 rings (SSSR count). The van der Waals surface area contributed by atoms with Crippen LogP contribution in [0.25, 0.3) is 0 Å². The van der Waals surface area contributed by atoms with E-state index in [2.05, 4.69) is 172 Å². The maximum Gasteiger partial charge on any atom is 0.472 e. The highest BCUT2D eigenvalue weighted by Gasteiger charge is 2.26. The first-order chi connectivity index (χ1) is 41.8. The predicted molar refractivity (Wildman–Crippen MR) is 366 cm³/mol. The molecule has 0 aromatic rings. The van der Waals surface area contributed by atoms with Gasteiger partial charge in [0.1, 0.15) is 6.61 Å². The molecule has 0 fully saturated rings. The van der Waals surface area contributed by atoms with Gasteiger partial charge in [-0.15, -0.1) is 0 Å². The lowest BCUT2D eigenvalue weighted by atomic mass is 10.0. The van der Waals surface area contributed by atoms with Gasteiger partial charge in [-0.05, 0) is 122 Å². The summed E-state index contributed by atoms with van der Waals surface area (Å²) < 4.78 is 33.2. The largest absolute Gasteiger partial charge is 0.472 e. The lowest BCUT2D eigenvalue weighted by molar-refractivity contribution is -0.161. The van der Waals surface area contributed by atoms with Gasteiger partial charge in [-0.1, -0.05) is 294 Å². The average Bonchev–Trinajstić information content (AvgIpc) is 3.52. The first-order valence-electron chi connectivity index (χ1n) is 34.0. The van der Waals surface area contributed by atoms with Crippen LogP contribution in [-0.2, 0) is 32.7 Å². The van der Waals surface area contributed by atoms with E-state index in [1.54, 1.807) is 0 Å². The van der Waals surface area contributed by atoms with Crippen LogP contribution in [-0.4, -0.2) is 49.3 Å². The van der Waals surface area contributed by atoms with Crippen molar-refractivity contribution in [2.75, 3.05) is 26.4 Å². The van der Waals surface area contributed by atoms with Gasteiger partial charge >= 0.3 is 19.8 Å². The minimum absolute atomic E-state index is 0.0455. The quantitative estimate of drug-likeness (QED) is 0.0264. The van der Waals surface area contributed by atoms with Crippen molar-refractivity contribution in [3.8, 4) is 0 Å². The molecule has 0 saturated heterocycles. The number of carbonyl (C=O) groups excluding carboxylic acids is 2. The van der Waals surface area contributed by atoms with Gasteiger partial charge in [-0.3, -0.25) is 18.6 Å². The second-order valence-electron chi connectivity index (χ2n) is 21.9. The molecule has 0 heterocycles. The summed E-state index contributed by atoms with van der Waals surface area (Å²) in [5, 5.41) is 0. The number of hydrogen-bond donors (Lipinski definition) is 2. The van der Waals surface area contributed by atoms with Gasteiger partial charge in [-0.25, -0.2) is 4.57 Å². The number of hydrogen-bond acceptors (Lipinski definition) is 8. The molecule has 0 radical (unpaired) electrons. The van der Waals surface area contributed by atoms with Crippen molar-refractivity contribution in [2.24, 2.45) is 5.73 Å². The SMILES string of the molecule is CC/C=C\C/C=C\C/C=C\C/C=C\C/C=C\C/C=C\C/C=C\C/C=C\CCCCCCCCCCCCC(=O)OC(COC(=O)CCCCCCCCCCCCCCC/C=C\C/C=C\C/C=C\C/C=C\C/C=C\CC)COP(=O)(O)OCCN. The van der Waals surface area contributed by atoms with Crippen molar-refractivity contribution in [1.82, 2.24) is 0 Å². The topological polar surface area (TPSA) is 134 Å². The Hall–Kier alpha value is -4.37. The number of allylic oxidation sites excluding steroid dienone is 26. The number of phosphoric acid groups is 1. The monoisotopic (exact) mass is 1200 g/mol. The van der Waals surface area contributed by atoms with Crippen LogP contribution in [0, 0.1) is 0 Å². The van der Waals surface area contributed by atoms with Gasteiger partial charge in [0.05, 0.1) is 13.2 Å². The van der Waals surface area contributed by atoms with Crippen molar-refractivity contribution in [3.05, 3.63) is 158 Å². The van der Waals surface area contributed by atoms with Gasteiger partial charge < -0.3 is 20.1 Å². The van der Waals surface area contributed by atoms with E-state index in [1.807, 2.05) is 0 Å². The smallest absolute Gasteiger partial charge is 0.462 e. The zero-order valence-electron chi connectivity index (χ0n) is 54.0. The lowest BCUT2D eigenvalue weighted by Gasteiger charge is -2.19. The van der Waals surface area contributed by atoms with E-state index in [1.165, 1.54) is 109 Å². The lowest BCUT2D eigenvalue weighted by Crippen LogP contribution is -2.29. The third-order valence-corrected chi connectivity index (χ3v) is 14.9. The van der Waals surface area contributed by atoms with E-state index >= 15 is 0 Å². The van der Waals surface area contributed by atoms with Gasteiger partial charge in [-0.2, -0.15) is 0 Å². The first-order valence-corrected chi connectivity index (χ1v) is 35.5. The normalized spacial score (nSPS) is 14.0. The maximum absolute atomic E-state index is 12.8. The molecule has 2 atom stereocenters. The molecular weight excluding hydrogens is 1070 g/mol. The summed E-state index contributed by atoms with van der Waals surface area (Å²) >= 11 is 0. The average molecular weight is 1200 g/mol. The Labute approximate surface area is 521 Å². The number of rotatable bonds is 62.